The van der Waals surface area contributed by atoms with Gasteiger partial charge in [-0.3, -0.25) is 0 Å². The van der Waals surface area contributed by atoms with Crippen LogP contribution in [0.1, 0.15) is 20.8 Å². The number of nitrogen functional groups attached to an aromatic ring is 1. The number of hydrogen-bond donors (Lipinski definition) is 1. The third-order valence-corrected chi connectivity index (χ3v) is 1.75. The summed E-state index contributed by atoms with van der Waals surface area (Å²) in [5, 5.41) is 0. The lowest BCUT2D eigenvalue weighted by Crippen LogP contribution is -2.22. The maximum atomic E-state index is 5.62. The van der Waals surface area contributed by atoms with E-state index in [4.69, 9.17) is 15.2 Å². The van der Waals surface area contributed by atoms with Crippen molar-refractivity contribution >= 4 is 5.69 Å². The number of nitrogens with two attached hydrogens (primary N) is 1. The summed E-state index contributed by atoms with van der Waals surface area (Å²) in [6, 6.07) is 7.39. The highest BCUT2D eigenvalue weighted by Gasteiger charge is 2.09. The third kappa shape index (κ3) is 5.27. The summed E-state index contributed by atoms with van der Waals surface area (Å²) in [4.78, 5) is 0. The molecule has 0 aromatic heterocycles. The molecule has 0 amide bonds. The van der Waals surface area contributed by atoms with Gasteiger partial charge in [0.2, 0.25) is 0 Å². The minimum absolute atomic E-state index is 0.112. The van der Waals surface area contributed by atoms with Gasteiger partial charge in [0.25, 0.3) is 0 Å². The van der Waals surface area contributed by atoms with E-state index in [1.165, 1.54) is 0 Å². The quantitative estimate of drug-likeness (QED) is 0.612. The first-order valence-corrected chi connectivity index (χ1v) is 5.10. The molecule has 2 N–H and O–H groups in total. The van der Waals surface area contributed by atoms with Crippen molar-refractivity contribution in [1.29, 1.82) is 0 Å². The second kappa shape index (κ2) is 5.03. The number of anilines is 1. The molecule has 0 bridgehead atoms. The second-order valence-corrected chi connectivity index (χ2v) is 4.38. The molecule has 84 valence electrons. The molecular formula is C12H19NO2. The fraction of sp³-hybridized carbons (Fsp3) is 0.500. The van der Waals surface area contributed by atoms with Crippen molar-refractivity contribution in [2.24, 2.45) is 0 Å². The van der Waals surface area contributed by atoms with Crippen LogP contribution < -0.4 is 10.5 Å². The highest BCUT2D eigenvalue weighted by molar-refractivity contribution is 5.43. The van der Waals surface area contributed by atoms with Crippen LogP contribution in [-0.4, -0.2) is 18.8 Å². The highest BCUT2D eigenvalue weighted by atomic mass is 16.5. The van der Waals surface area contributed by atoms with Crippen molar-refractivity contribution < 1.29 is 9.47 Å². The number of ether oxygens (including phenoxy) is 2. The monoisotopic (exact) mass is 209 g/mol. The van der Waals surface area contributed by atoms with Gasteiger partial charge in [0.15, 0.2) is 0 Å². The van der Waals surface area contributed by atoms with E-state index < -0.39 is 0 Å². The van der Waals surface area contributed by atoms with E-state index in [9.17, 15) is 0 Å². The van der Waals surface area contributed by atoms with Gasteiger partial charge in [-0.25, -0.2) is 0 Å². The number of rotatable bonds is 4. The molecule has 0 aliphatic rings. The summed E-state index contributed by atoms with van der Waals surface area (Å²) in [7, 11) is 0. The minimum Gasteiger partial charge on any atom is -0.491 e. The van der Waals surface area contributed by atoms with E-state index in [2.05, 4.69) is 0 Å². The van der Waals surface area contributed by atoms with Gasteiger partial charge in [-0.15, -0.1) is 0 Å². The SMILES string of the molecule is CC(C)(C)OCCOc1cccc(N)c1. The van der Waals surface area contributed by atoms with Crippen LogP contribution >= 0.6 is 0 Å². The lowest BCUT2D eigenvalue weighted by atomic mass is 10.2. The molecule has 0 spiro atoms. The Bertz CT molecular complexity index is 305. The molecule has 0 radical (unpaired) electrons. The largest absolute Gasteiger partial charge is 0.491 e. The molecule has 0 aliphatic heterocycles. The van der Waals surface area contributed by atoms with Gasteiger partial charge in [-0.2, -0.15) is 0 Å². The van der Waals surface area contributed by atoms with Crippen molar-refractivity contribution in [2.45, 2.75) is 26.4 Å². The fourth-order valence-corrected chi connectivity index (χ4v) is 1.11. The summed E-state index contributed by atoms with van der Waals surface area (Å²) in [5.41, 5.74) is 6.22. The molecule has 0 saturated heterocycles. The van der Waals surface area contributed by atoms with Gasteiger partial charge in [-0.05, 0) is 32.9 Å². The van der Waals surface area contributed by atoms with E-state index in [-0.39, 0.29) is 5.60 Å². The lowest BCUT2D eigenvalue weighted by molar-refractivity contribution is -0.0162. The summed E-state index contributed by atoms with van der Waals surface area (Å²) in [5.74, 6) is 0.785. The zero-order chi connectivity index (χ0) is 11.3. The van der Waals surface area contributed by atoms with Crippen LogP contribution in [0.2, 0.25) is 0 Å². The van der Waals surface area contributed by atoms with Gasteiger partial charge in [-0.1, -0.05) is 6.07 Å². The normalized spacial score (nSPS) is 11.4. The smallest absolute Gasteiger partial charge is 0.121 e. The Hall–Kier alpha value is -1.22. The van der Waals surface area contributed by atoms with Crippen molar-refractivity contribution in [1.82, 2.24) is 0 Å². The topological polar surface area (TPSA) is 44.5 Å². The minimum atomic E-state index is -0.112. The molecule has 15 heavy (non-hydrogen) atoms. The molecule has 1 aromatic carbocycles. The molecule has 3 heteroatoms. The van der Waals surface area contributed by atoms with Crippen molar-refractivity contribution in [3.05, 3.63) is 24.3 Å². The molecule has 0 heterocycles. The summed E-state index contributed by atoms with van der Waals surface area (Å²) < 4.78 is 11.0. The Balaban J connectivity index is 2.26. The Kier molecular flexibility index (Phi) is 3.97. The standard InChI is InChI=1S/C12H19NO2/c1-12(2,3)15-8-7-14-11-6-4-5-10(13)9-11/h4-6,9H,7-8,13H2,1-3H3. The molecule has 0 unspecified atom stereocenters. The first kappa shape index (κ1) is 11.9. The van der Waals surface area contributed by atoms with Crippen molar-refractivity contribution in [3.63, 3.8) is 0 Å². The Morgan fingerprint density at radius 1 is 1.20 bits per heavy atom. The zero-order valence-corrected chi connectivity index (χ0v) is 9.62. The molecule has 1 aromatic rings. The molecule has 0 atom stereocenters. The third-order valence-electron chi connectivity index (χ3n) is 1.75. The van der Waals surface area contributed by atoms with Gasteiger partial charge in [0.1, 0.15) is 12.4 Å². The Labute approximate surface area is 91.2 Å². The van der Waals surface area contributed by atoms with Gasteiger partial charge in [0.05, 0.1) is 12.2 Å². The summed E-state index contributed by atoms with van der Waals surface area (Å²) in [6.45, 7) is 7.19. The number of benzene rings is 1. The molecular weight excluding hydrogens is 190 g/mol. The second-order valence-electron chi connectivity index (χ2n) is 4.38. The van der Waals surface area contributed by atoms with Crippen LogP contribution in [0, 0.1) is 0 Å². The zero-order valence-electron chi connectivity index (χ0n) is 9.62. The molecule has 3 nitrogen and oxygen atoms in total. The van der Waals surface area contributed by atoms with Crippen LogP contribution in [0.25, 0.3) is 0 Å². The average Bonchev–Trinajstić information content (AvgIpc) is 2.11. The van der Waals surface area contributed by atoms with Crippen molar-refractivity contribution in [2.75, 3.05) is 18.9 Å². The van der Waals surface area contributed by atoms with Crippen molar-refractivity contribution in [3.8, 4) is 5.75 Å². The Morgan fingerprint density at radius 2 is 1.93 bits per heavy atom. The van der Waals surface area contributed by atoms with E-state index in [0.717, 1.165) is 5.75 Å². The van der Waals surface area contributed by atoms with E-state index >= 15 is 0 Å². The highest BCUT2D eigenvalue weighted by Crippen LogP contribution is 2.14. The lowest BCUT2D eigenvalue weighted by Gasteiger charge is -2.19. The van der Waals surface area contributed by atoms with Crippen LogP contribution in [0.5, 0.6) is 5.75 Å². The maximum Gasteiger partial charge on any atom is 0.121 e. The average molecular weight is 209 g/mol. The van der Waals surface area contributed by atoms with Gasteiger partial charge < -0.3 is 15.2 Å². The van der Waals surface area contributed by atoms with Crippen LogP contribution in [-0.2, 0) is 4.74 Å². The molecule has 0 fully saturated rings. The van der Waals surface area contributed by atoms with E-state index in [1.54, 1.807) is 6.07 Å². The predicted molar refractivity (Wildman–Crippen MR) is 62.1 cm³/mol. The van der Waals surface area contributed by atoms with E-state index in [1.807, 2.05) is 39.0 Å². The van der Waals surface area contributed by atoms with E-state index in [0.29, 0.717) is 18.9 Å². The van der Waals surface area contributed by atoms with Crippen LogP contribution in [0.3, 0.4) is 0 Å². The first-order chi connectivity index (χ1) is 6.97. The predicted octanol–water partition coefficient (Wildman–Crippen LogP) is 2.46. The summed E-state index contributed by atoms with van der Waals surface area (Å²) >= 11 is 0. The van der Waals surface area contributed by atoms with Crippen LogP contribution in [0.15, 0.2) is 24.3 Å². The Morgan fingerprint density at radius 3 is 2.53 bits per heavy atom. The molecule has 1 rings (SSSR count). The summed E-state index contributed by atoms with van der Waals surface area (Å²) in [6.07, 6.45) is 0. The van der Waals surface area contributed by atoms with Gasteiger partial charge in [0, 0.05) is 11.8 Å². The first-order valence-electron chi connectivity index (χ1n) is 5.10. The molecule has 0 aliphatic carbocycles. The fourth-order valence-electron chi connectivity index (χ4n) is 1.11. The van der Waals surface area contributed by atoms with Gasteiger partial charge >= 0.3 is 0 Å². The number of hydrogen-bond acceptors (Lipinski definition) is 3. The molecule has 0 saturated carbocycles. The maximum absolute atomic E-state index is 5.62. The van der Waals surface area contributed by atoms with Crippen LogP contribution in [0.4, 0.5) is 5.69 Å².